The van der Waals surface area contributed by atoms with Crippen LogP contribution >= 0.6 is 0 Å². The Bertz CT molecular complexity index is 1130. The summed E-state index contributed by atoms with van der Waals surface area (Å²) < 4.78 is 38.0. The summed E-state index contributed by atoms with van der Waals surface area (Å²) in [6, 6.07) is 6.88. The van der Waals surface area contributed by atoms with Crippen molar-refractivity contribution >= 4 is 12.0 Å². The lowest BCUT2D eigenvalue weighted by Gasteiger charge is -2.04. The number of rotatable bonds is 3. The van der Waals surface area contributed by atoms with Gasteiger partial charge in [0.25, 0.3) is 5.91 Å². The molecule has 0 atom stereocenters. The van der Waals surface area contributed by atoms with E-state index in [2.05, 4.69) is 24.9 Å². The maximum absolute atomic E-state index is 12.7. The molecule has 0 unspecified atom stereocenters. The van der Waals surface area contributed by atoms with Crippen LogP contribution in [0.1, 0.15) is 23.5 Å². The second kappa shape index (κ2) is 6.42. The van der Waals surface area contributed by atoms with E-state index in [1.807, 2.05) is 0 Å². The van der Waals surface area contributed by atoms with Gasteiger partial charge in [0.1, 0.15) is 17.3 Å². The molecule has 0 saturated carbocycles. The predicted molar refractivity (Wildman–Crippen MR) is 88.7 cm³/mol. The lowest BCUT2D eigenvalue weighted by atomic mass is 10.1. The highest BCUT2D eigenvalue weighted by molar-refractivity contribution is 5.82. The molecular weight excluding hydrogens is 359 g/mol. The minimum absolute atomic E-state index is 0.145. The highest BCUT2D eigenvalue weighted by atomic mass is 19.4. The van der Waals surface area contributed by atoms with E-state index in [1.165, 1.54) is 0 Å². The fourth-order valence-electron chi connectivity index (χ4n) is 2.67. The Kier molecular flexibility index (Phi) is 4.06. The van der Waals surface area contributed by atoms with E-state index >= 15 is 0 Å². The van der Waals surface area contributed by atoms with Gasteiger partial charge in [-0.1, -0.05) is 30.3 Å². The number of aromatic nitrogens is 4. The van der Waals surface area contributed by atoms with Gasteiger partial charge in [-0.2, -0.15) is 18.2 Å². The number of fused-ring (bicyclic) bond motifs is 1. The summed E-state index contributed by atoms with van der Waals surface area (Å²) in [5.74, 6) is 0.408. The fourth-order valence-corrected chi connectivity index (χ4v) is 2.67. The van der Waals surface area contributed by atoms with Gasteiger partial charge in [0.05, 0.1) is 6.20 Å². The monoisotopic (exact) mass is 371 g/mol. The molecule has 0 spiro atoms. The van der Waals surface area contributed by atoms with Gasteiger partial charge in [-0.05, 0) is 5.56 Å². The number of alkyl halides is 3. The number of nitrogens with zero attached hydrogens (tertiary/aromatic N) is 4. The van der Waals surface area contributed by atoms with Crippen LogP contribution in [0.3, 0.4) is 0 Å². The van der Waals surface area contributed by atoms with E-state index in [1.54, 1.807) is 36.5 Å². The van der Waals surface area contributed by atoms with Gasteiger partial charge in [0, 0.05) is 29.8 Å². The number of hydrogen-bond acceptors (Lipinski definition) is 4. The number of benzene rings is 1. The minimum atomic E-state index is -4.46. The zero-order valence-electron chi connectivity index (χ0n) is 13.8. The number of imidazole rings is 1. The summed E-state index contributed by atoms with van der Waals surface area (Å²) in [7, 11) is 0. The number of halogens is 3. The minimum Gasteiger partial charge on any atom is -0.334 e. The van der Waals surface area contributed by atoms with E-state index in [0.717, 1.165) is 17.0 Å². The smallest absolute Gasteiger partial charge is 0.334 e. The molecule has 0 fully saturated rings. The Labute approximate surface area is 150 Å². The zero-order valence-corrected chi connectivity index (χ0v) is 13.8. The number of carbonyl (C=O) groups is 1. The third-order valence-electron chi connectivity index (χ3n) is 4.04. The quantitative estimate of drug-likeness (QED) is 0.761. The molecule has 6 nitrogen and oxygen atoms in total. The molecule has 0 radical (unpaired) electrons. The maximum atomic E-state index is 12.7. The number of hydrogen-bond donors (Lipinski definition) is 1. The van der Waals surface area contributed by atoms with Gasteiger partial charge in [-0.15, -0.1) is 0 Å². The molecule has 1 aliphatic heterocycles. The van der Waals surface area contributed by atoms with Gasteiger partial charge in [0.2, 0.25) is 0 Å². The lowest BCUT2D eigenvalue weighted by Crippen LogP contribution is -2.34. The topological polar surface area (TPSA) is 83.9 Å². The first kappa shape index (κ1) is 17.1. The molecule has 0 bridgehead atoms. The van der Waals surface area contributed by atoms with Crippen molar-refractivity contribution < 1.29 is 18.0 Å². The number of H-pyrrole nitrogens is 1. The van der Waals surface area contributed by atoms with Crippen molar-refractivity contribution in [1.29, 1.82) is 0 Å². The normalized spacial score (nSPS) is 13.7. The molecule has 3 heterocycles. The number of amides is 1. The van der Waals surface area contributed by atoms with E-state index in [0.29, 0.717) is 23.3 Å². The summed E-state index contributed by atoms with van der Waals surface area (Å²) in [5, 5.41) is 0.729. The van der Waals surface area contributed by atoms with E-state index < -0.39 is 11.9 Å². The van der Waals surface area contributed by atoms with Crippen molar-refractivity contribution in [3.63, 3.8) is 0 Å². The van der Waals surface area contributed by atoms with Crippen LogP contribution in [0, 0.1) is 0 Å². The molecule has 1 aliphatic rings. The van der Waals surface area contributed by atoms with Crippen LogP contribution in [-0.2, 0) is 17.4 Å². The molecule has 2 aromatic heterocycles. The van der Waals surface area contributed by atoms with Crippen LogP contribution < -0.4 is 10.7 Å². The van der Waals surface area contributed by atoms with E-state index in [9.17, 15) is 18.0 Å². The second-order valence-corrected chi connectivity index (χ2v) is 6.00. The number of nitrogens with one attached hydrogen (secondary N) is 1. The molecule has 136 valence electrons. The second-order valence-electron chi connectivity index (χ2n) is 6.00. The summed E-state index contributed by atoms with van der Waals surface area (Å²) in [6.45, 7) is 0. The van der Waals surface area contributed by atoms with Gasteiger partial charge < -0.3 is 4.98 Å². The molecule has 0 aliphatic carbocycles. The van der Waals surface area contributed by atoms with Gasteiger partial charge >= 0.3 is 6.18 Å². The summed E-state index contributed by atoms with van der Waals surface area (Å²) in [4.78, 5) is 29.9. The molecule has 0 saturated heterocycles. The first-order valence-corrected chi connectivity index (χ1v) is 8.04. The number of aromatic amines is 1. The fraction of sp³-hybridized carbons (Fsp3) is 0.167. The molecule has 1 N–H and O–H groups in total. The van der Waals surface area contributed by atoms with Crippen LogP contribution in [0.4, 0.5) is 13.2 Å². The van der Waals surface area contributed by atoms with E-state index in [4.69, 9.17) is 0 Å². The SMILES string of the molecule is O=C1CC=c2cnc(Cc3ccc(-c4ncc(C(F)(F)F)[nH]4)cc3)nc2=N1. The van der Waals surface area contributed by atoms with Crippen LogP contribution in [0.15, 0.2) is 41.7 Å². The van der Waals surface area contributed by atoms with Crippen molar-refractivity contribution in [3.05, 3.63) is 64.4 Å². The Balaban J connectivity index is 1.55. The Morgan fingerprint density at radius 2 is 1.85 bits per heavy atom. The average molecular weight is 371 g/mol. The molecule has 4 rings (SSSR count). The molecule has 27 heavy (non-hydrogen) atoms. The zero-order chi connectivity index (χ0) is 19.0. The third kappa shape index (κ3) is 3.62. The van der Waals surface area contributed by atoms with Crippen LogP contribution in [0.2, 0.25) is 0 Å². The van der Waals surface area contributed by atoms with Crippen molar-refractivity contribution in [3.8, 4) is 11.4 Å². The molecule has 1 amide bonds. The first-order valence-electron chi connectivity index (χ1n) is 8.04. The van der Waals surface area contributed by atoms with E-state index in [-0.39, 0.29) is 18.2 Å². The van der Waals surface area contributed by atoms with Gasteiger partial charge in [0.15, 0.2) is 5.49 Å². The number of carbonyl (C=O) groups excluding carboxylic acids is 1. The Hall–Kier alpha value is -3.36. The Morgan fingerprint density at radius 3 is 2.56 bits per heavy atom. The summed E-state index contributed by atoms with van der Waals surface area (Å²) >= 11 is 0. The summed E-state index contributed by atoms with van der Waals surface area (Å²) in [6.07, 6.45) is 0.333. The maximum Gasteiger partial charge on any atom is 0.432 e. The molecule has 9 heteroatoms. The molecule has 3 aromatic rings. The highest BCUT2D eigenvalue weighted by Crippen LogP contribution is 2.29. The van der Waals surface area contributed by atoms with Crippen molar-refractivity contribution in [2.75, 3.05) is 0 Å². The van der Waals surface area contributed by atoms with Crippen LogP contribution in [0.5, 0.6) is 0 Å². The van der Waals surface area contributed by atoms with Crippen molar-refractivity contribution in [1.82, 2.24) is 19.9 Å². The van der Waals surface area contributed by atoms with Gasteiger partial charge in [-0.25, -0.2) is 15.0 Å². The lowest BCUT2D eigenvalue weighted by molar-refractivity contribution is -0.140. The molecule has 1 aromatic carbocycles. The van der Waals surface area contributed by atoms with Crippen molar-refractivity contribution in [2.45, 2.75) is 19.0 Å². The highest BCUT2D eigenvalue weighted by Gasteiger charge is 2.33. The van der Waals surface area contributed by atoms with Crippen molar-refractivity contribution in [2.24, 2.45) is 4.99 Å². The first-order chi connectivity index (χ1) is 12.9. The van der Waals surface area contributed by atoms with Crippen LogP contribution in [0.25, 0.3) is 17.5 Å². The third-order valence-corrected chi connectivity index (χ3v) is 4.04. The summed E-state index contributed by atoms with van der Waals surface area (Å²) in [5.41, 5.74) is 0.880. The van der Waals surface area contributed by atoms with Gasteiger partial charge in [-0.3, -0.25) is 4.79 Å². The molecular formula is C18H12F3N5O. The Morgan fingerprint density at radius 1 is 1.07 bits per heavy atom. The predicted octanol–water partition coefficient (Wildman–Crippen LogP) is 1.81. The average Bonchev–Trinajstić information content (AvgIpc) is 3.12. The largest absolute Gasteiger partial charge is 0.432 e. The van der Waals surface area contributed by atoms with Crippen LogP contribution in [-0.4, -0.2) is 25.8 Å². The standard InChI is InChI=1S/C18H12F3N5O/c19-18(20,21)13-9-23-16(24-13)11-3-1-10(2-4-11)7-14-22-8-12-5-6-15(27)26-17(12)25-14/h1-5,8-9H,6-7H2,(H,23,24).